The Balaban J connectivity index is 0.000000671. The Bertz CT molecular complexity index is 141. The first-order valence-corrected chi connectivity index (χ1v) is 5.38. The van der Waals surface area contributed by atoms with E-state index in [-0.39, 0.29) is 12.1 Å². The second-order valence-corrected chi connectivity index (χ2v) is 3.63. The standard InChI is InChI=1S/C9H16O2.C2H6/c1-7(2)6-8-4-3-5-9(10)11-8;1-2/h7-8H,3-6H2,1-2H3;1-2H3/t8-;/m1./s1. The van der Waals surface area contributed by atoms with Gasteiger partial charge in [-0.05, 0) is 25.2 Å². The average molecular weight is 186 g/mol. The molecule has 1 aliphatic heterocycles. The lowest BCUT2D eigenvalue weighted by Crippen LogP contribution is -2.24. The third kappa shape index (κ3) is 5.67. The smallest absolute Gasteiger partial charge is 0.306 e. The van der Waals surface area contributed by atoms with Gasteiger partial charge in [0.15, 0.2) is 0 Å². The van der Waals surface area contributed by atoms with Crippen LogP contribution in [-0.2, 0) is 9.53 Å². The summed E-state index contributed by atoms with van der Waals surface area (Å²) in [6.07, 6.45) is 3.91. The summed E-state index contributed by atoms with van der Waals surface area (Å²) in [4.78, 5) is 10.8. The summed E-state index contributed by atoms with van der Waals surface area (Å²) in [6, 6.07) is 0. The van der Waals surface area contributed by atoms with Crippen LogP contribution in [0.1, 0.15) is 53.4 Å². The van der Waals surface area contributed by atoms with Crippen LogP contribution in [0.25, 0.3) is 0 Å². The van der Waals surface area contributed by atoms with Gasteiger partial charge in [0.2, 0.25) is 0 Å². The fraction of sp³-hybridized carbons (Fsp3) is 0.909. The van der Waals surface area contributed by atoms with E-state index in [9.17, 15) is 4.79 Å². The van der Waals surface area contributed by atoms with Crippen LogP contribution in [0.15, 0.2) is 0 Å². The molecule has 0 aromatic rings. The summed E-state index contributed by atoms with van der Waals surface area (Å²) in [5.74, 6) is 0.618. The van der Waals surface area contributed by atoms with Gasteiger partial charge in [-0.3, -0.25) is 4.79 Å². The largest absolute Gasteiger partial charge is 0.462 e. The predicted octanol–water partition coefficient (Wildman–Crippen LogP) is 3.15. The van der Waals surface area contributed by atoms with Crippen molar-refractivity contribution in [3.8, 4) is 0 Å². The Morgan fingerprint density at radius 3 is 2.54 bits per heavy atom. The van der Waals surface area contributed by atoms with Gasteiger partial charge >= 0.3 is 5.97 Å². The van der Waals surface area contributed by atoms with Gasteiger partial charge < -0.3 is 4.74 Å². The first-order chi connectivity index (χ1) is 6.18. The summed E-state index contributed by atoms with van der Waals surface area (Å²) < 4.78 is 5.16. The topological polar surface area (TPSA) is 26.3 Å². The number of hydrogen-bond donors (Lipinski definition) is 0. The van der Waals surface area contributed by atoms with E-state index >= 15 is 0 Å². The fourth-order valence-corrected chi connectivity index (χ4v) is 1.47. The summed E-state index contributed by atoms with van der Waals surface area (Å²) in [6.45, 7) is 8.31. The van der Waals surface area contributed by atoms with Gasteiger partial charge in [0, 0.05) is 6.42 Å². The van der Waals surface area contributed by atoms with Crippen molar-refractivity contribution in [1.29, 1.82) is 0 Å². The molecule has 78 valence electrons. The van der Waals surface area contributed by atoms with Gasteiger partial charge in [-0.15, -0.1) is 0 Å². The summed E-state index contributed by atoms with van der Waals surface area (Å²) in [7, 11) is 0. The molecule has 0 N–H and O–H groups in total. The van der Waals surface area contributed by atoms with Crippen molar-refractivity contribution >= 4 is 5.97 Å². The molecular weight excluding hydrogens is 164 g/mol. The Morgan fingerprint density at radius 1 is 1.46 bits per heavy atom. The van der Waals surface area contributed by atoms with Crippen LogP contribution in [0, 0.1) is 5.92 Å². The van der Waals surface area contributed by atoms with Gasteiger partial charge in [0.25, 0.3) is 0 Å². The molecule has 13 heavy (non-hydrogen) atoms. The van der Waals surface area contributed by atoms with Gasteiger partial charge in [-0.1, -0.05) is 27.7 Å². The number of ether oxygens (including phenoxy) is 1. The second kappa shape index (κ2) is 6.93. The molecule has 2 heteroatoms. The zero-order valence-electron chi connectivity index (χ0n) is 9.30. The molecule has 1 atom stereocenters. The minimum atomic E-state index is -0.0121. The zero-order chi connectivity index (χ0) is 10.3. The van der Waals surface area contributed by atoms with Crippen molar-refractivity contribution in [3.05, 3.63) is 0 Å². The SMILES string of the molecule is CC.CC(C)C[C@H]1CCCC(=O)O1. The van der Waals surface area contributed by atoms with Gasteiger partial charge in [-0.25, -0.2) is 0 Å². The van der Waals surface area contributed by atoms with E-state index in [4.69, 9.17) is 4.74 Å². The Kier molecular flexibility index (Phi) is 6.65. The van der Waals surface area contributed by atoms with Crippen molar-refractivity contribution in [1.82, 2.24) is 0 Å². The van der Waals surface area contributed by atoms with Crippen LogP contribution in [-0.4, -0.2) is 12.1 Å². The maximum absolute atomic E-state index is 10.8. The summed E-state index contributed by atoms with van der Waals surface area (Å²) >= 11 is 0. The van der Waals surface area contributed by atoms with Crippen molar-refractivity contribution in [2.24, 2.45) is 5.92 Å². The summed E-state index contributed by atoms with van der Waals surface area (Å²) in [5, 5.41) is 0. The number of carbonyl (C=O) groups excluding carboxylic acids is 1. The molecule has 0 saturated carbocycles. The Labute approximate surface area is 81.7 Å². The first kappa shape index (κ1) is 12.5. The highest BCUT2D eigenvalue weighted by atomic mass is 16.5. The van der Waals surface area contributed by atoms with Crippen LogP contribution in [0.2, 0.25) is 0 Å². The molecule has 0 aromatic carbocycles. The van der Waals surface area contributed by atoms with Crippen molar-refractivity contribution < 1.29 is 9.53 Å². The normalized spacial score (nSPS) is 21.9. The van der Waals surface area contributed by atoms with Gasteiger partial charge in [-0.2, -0.15) is 0 Å². The highest BCUT2D eigenvalue weighted by Gasteiger charge is 2.20. The molecule has 1 heterocycles. The molecule has 0 bridgehead atoms. The van der Waals surface area contributed by atoms with E-state index in [1.807, 2.05) is 13.8 Å². The van der Waals surface area contributed by atoms with Crippen molar-refractivity contribution in [2.45, 2.75) is 59.5 Å². The molecule has 1 rings (SSSR count). The minimum absolute atomic E-state index is 0.0121. The van der Waals surface area contributed by atoms with Crippen LogP contribution < -0.4 is 0 Å². The molecule has 1 aliphatic rings. The number of carbonyl (C=O) groups is 1. The molecule has 0 radical (unpaired) electrons. The third-order valence-corrected chi connectivity index (χ3v) is 1.94. The predicted molar refractivity (Wildman–Crippen MR) is 54.5 cm³/mol. The molecule has 1 fully saturated rings. The van der Waals surface area contributed by atoms with Crippen LogP contribution in [0.3, 0.4) is 0 Å². The molecule has 2 nitrogen and oxygen atoms in total. The number of esters is 1. The maximum Gasteiger partial charge on any atom is 0.306 e. The minimum Gasteiger partial charge on any atom is -0.462 e. The van der Waals surface area contributed by atoms with E-state index in [1.54, 1.807) is 0 Å². The lowest BCUT2D eigenvalue weighted by Gasteiger charge is -2.23. The highest BCUT2D eigenvalue weighted by molar-refractivity contribution is 5.70. The first-order valence-electron chi connectivity index (χ1n) is 5.38. The van der Waals surface area contributed by atoms with Crippen molar-refractivity contribution in [2.75, 3.05) is 0 Å². The van der Waals surface area contributed by atoms with E-state index in [1.165, 1.54) is 0 Å². The molecule has 0 aliphatic carbocycles. The van der Waals surface area contributed by atoms with Crippen molar-refractivity contribution in [3.63, 3.8) is 0 Å². The third-order valence-electron chi connectivity index (χ3n) is 1.94. The quantitative estimate of drug-likeness (QED) is 0.619. The number of cyclic esters (lactones) is 1. The van der Waals surface area contributed by atoms with E-state index in [0.29, 0.717) is 12.3 Å². The monoisotopic (exact) mass is 186 g/mol. The van der Waals surface area contributed by atoms with E-state index in [0.717, 1.165) is 19.3 Å². The number of rotatable bonds is 2. The van der Waals surface area contributed by atoms with E-state index in [2.05, 4.69) is 13.8 Å². The molecule has 0 spiro atoms. The zero-order valence-corrected chi connectivity index (χ0v) is 9.30. The highest BCUT2D eigenvalue weighted by Crippen LogP contribution is 2.19. The molecule has 0 unspecified atom stereocenters. The van der Waals surface area contributed by atoms with Gasteiger partial charge in [0.1, 0.15) is 6.10 Å². The lowest BCUT2D eigenvalue weighted by molar-refractivity contribution is -0.154. The fourth-order valence-electron chi connectivity index (χ4n) is 1.47. The van der Waals surface area contributed by atoms with Gasteiger partial charge in [0.05, 0.1) is 0 Å². The molecule has 1 saturated heterocycles. The lowest BCUT2D eigenvalue weighted by atomic mass is 9.99. The molecule has 0 amide bonds. The summed E-state index contributed by atoms with van der Waals surface area (Å²) in [5.41, 5.74) is 0. The van der Waals surface area contributed by atoms with Crippen LogP contribution in [0.5, 0.6) is 0 Å². The van der Waals surface area contributed by atoms with Crippen LogP contribution in [0.4, 0.5) is 0 Å². The number of hydrogen-bond acceptors (Lipinski definition) is 2. The average Bonchev–Trinajstić information content (AvgIpc) is 2.06. The maximum atomic E-state index is 10.8. The van der Waals surface area contributed by atoms with E-state index < -0.39 is 0 Å². The van der Waals surface area contributed by atoms with Crippen LogP contribution >= 0.6 is 0 Å². The second-order valence-electron chi connectivity index (χ2n) is 3.63. The molecule has 0 aromatic heterocycles. The Hall–Kier alpha value is -0.530. The Morgan fingerprint density at radius 2 is 2.08 bits per heavy atom. The molecular formula is C11H22O2.